The maximum absolute atomic E-state index is 12.5. The fraction of sp³-hybridized carbons (Fsp3) is 0.944. The van der Waals surface area contributed by atoms with Crippen molar-refractivity contribution in [1.82, 2.24) is 5.32 Å². The van der Waals surface area contributed by atoms with E-state index in [0.29, 0.717) is 19.4 Å². The number of carbonyl (C=O) groups excluding carboxylic acids is 2. The van der Waals surface area contributed by atoms with Gasteiger partial charge >= 0.3 is 5.97 Å². The Labute approximate surface area is 489 Å². The van der Waals surface area contributed by atoms with Crippen LogP contribution in [0.3, 0.4) is 0 Å². The second-order valence-electron chi connectivity index (χ2n) is 24.9. The summed E-state index contributed by atoms with van der Waals surface area (Å²) >= 11 is 0. The third-order valence-electron chi connectivity index (χ3n) is 17.1. The molecule has 3 N–H and O–H groups in total. The molecule has 2 atom stereocenters. The molecule has 0 bridgehead atoms. The van der Waals surface area contributed by atoms with Crippen LogP contribution in [0.25, 0.3) is 0 Å². The quantitative estimate of drug-likeness (QED) is 0.0320. The highest BCUT2D eigenvalue weighted by atomic mass is 16.5. The topological polar surface area (TPSA) is 95.9 Å². The fourth-order valence-electron chi connectivity index (χ4n) is 11.6. The Morgan fingerprint density at radius 3 is 0.872 bits per heavy atom. The third kappa shape index (κ3) is 63.8. The van der Waals surface area contributed by atoms with Gasteiger partial charge in [-0.25, -0.2) is 0 Å². The molecule has 0 fully saturated rings. The van der Waals surface area contributed by atoms with Crippen LogP contribution >= 0.6 is 0 Å². The van der Waals surface area contributed by atoms with Gasteiger partial charge in [-0.3, -0.25) is 9.59 Å². The predicted molar refractivity (Wildman–Crippen MR) is 343 cm³/mol. The van der Waals surface area contributed by atoms with Gasteiger partial charge in [0, 0.05) is 12.8 Å². The maximum Gasteiger partial charge on any atom is 0.305 e. The van der Waals surface area contributed by atoms with Gasteiger partial charge in [-0.15, -0.1) is 0 Å². The van der Waals surface area contributed by atoms with Crippen LogP contribution in [-0.4, -0.2) is 47.4 Å². The molecule has 0 aliphatic heterocycles. The van der Waals surface area contributed by atoms with Crippen molar-refractivity contribution in [3.05, 3.63) is 12.2 Å². The van der Waals surface area contributed by atoms with Gasteiger partial charge in [0.25, 0.3) is 0 Å². The van der Waals surface area contributed by atoms with E-state index in [1.807, 2.05) is 6.08 Å². The molecule has 0 aromatic heterocycles. The zero-order chi connectivity index (χ0) is 56.4. The van der Waals surface area contributed by atoms with Gasteiger partial charge in [-0.05, 0) is 32.1 Å². The normalized spacial score (nSPS) is 12.5. The van der Waals surface area contributed by atoms with Gasteiger partial charge in [0.2, 0.25) is 5.91 Å². The second kappa shape index (κ2) is 68.1. The molecule has 464 valence electrons. The van der Waals surface area contributed by atoms with Crippen molar-refractivity contribution in [3.63, 3.8) is 0 Å². The van der Waals surface area contributed by atoms with Crippen LogP contribution < -0.4 is 5.32 Å². The van der Waals surface area contributed by atoms with Crippen molar-refractivity contribution in [2.24, 2.45) is 0 Å². The van der Waals surface area contributed by atoms with E-state index in [1.165, 1.54) is 347 Å². The predicted octanol–water partition coefficient (Wildman–Crippen LogP) is 23.1. The first kappa shape index (κ1) is 76.6. The number of hydrogen-bond acceptors (Lipinski definition) is 5. The van der Waals surface area contributed by atoms with E-state index in [1.54, 1.807) is 6.08 Å². The Balaban J connectivity index is 3.37. The molecule has 1 amide bonds. The largest absolute Gasteiger partial charge is 0.466 e. The van der Waals surface area contributed by atoms with E-state index in [0.717, 1.165) is 38.5 Å². The minimum absolute atomic E-state index is 0.0206. The molecule has 0 rings (SSSR count). The van der Waals surface area contributed by atoms with Crippen molar-refractivity contribution in [3.8, 4) is 0 Å². The highest BCUT2D eigenvalue weighted by Gasteiger charge is 2.18. The first-order valence-corrected chi connectivity index (χ1v) is 36.0. The highest BCUT2D eigenvalue weighted by Crippen LogP contribution is 2.19. The Kier molecular flexibility index (Phi) is 66.9. The minimum Gasteiger partial charge on any atom is -0.466 e. The number of aliphatic hydroxyl groups is 2. The molecule has 0 saturated carbocycles. The molecule has 0 aromatic rings. The summed E-state index contributed by atoms with van der Waals surface area (Å²) in [5.41, 5.74) is 0. The Bertz CT molecular complexity index is 1180. The number of unbranched alkanes of at least 4 members (excludes halogenated alkanes) is 57. The first-order chi connectivity index (χ1) is 38.5. The third-order valence-corrected chi connectivity index (χ3v) is 17.1. The summed E-state index contributed by atoms with van der Waals surface area (Å²) in [7, 11) is 0. The average Bonchev–Trinajstić information content (AvgIpc) is 3.44. The van der Waals surface area contributed by atoms with Gasteiger partial charge in [0.1, 0.15) is 0 Å². The molecule has 78 heavy (non-hydrogen) atoms. The molecular formula is C72H141NO5. The number of rotatable bonds is 68. The van der Waals surface area contributed by atoms with Crippen molar-refractivity contribution in [1.29, 1.82) is 0 Å². The smallest absolute Gasteiger partial charge is 0.305 e. The molecule has 0 radical (unpaired) electrons. The van der Waals surface area contributed by atoms with Crippen LogP contribution in [-0.2, 0) is 14.3 Å². The molecule has 0 aliphatic carbocycles. The van der Waals surface area contributed by atoms with Crippen LogP contribution in [0, 0.1) is 0 Å². The number of ether oxygens (including phenoxy) is 1. The summed E-state index contributed by atoms with van der Waals surface area (Å²) in [6, 6.07) is -0.627. The first-order valence-electron chi connectivity index (χ1n) is 36.0. The van der Waals surface area contributed by atoms with Crippen LogP contribution in [0.2, 0.25) is 0 Å². The minimum atomic E-state index is -0.843. The van der Waals surface area contributed by atoms with Crippen LogP contribution in [0.5, 0.6) is 0 Å². The van der Waals surface area contributed by atoms with Crippen LogP contribution in [0.1, 0.15) is 412 Å². The number of carbonyl (C=O) groups is 2. The maximum atomic E-state index is 12.5. The summed E-state index contributed by atoms with van der Waals surface area (Å²) in [5, 5.41) is 23.2. The number of hydrogen-bond donors (Lipinski definition) is 3. The van der Waals surface area contributed by atoms with Crippen molar-refractivity contribution < 1.29 is 24.5 Å². The van der Waals surface area contributed by atoms with E-state index in [-0.39, 0.29) is 18.5 Å². The lowest BCUT2D eigenvalue weighted by Gasteiger charge is -2.20. The molecule has 0 aromatic carbocycles. The lowest BCUT2D eigenvalue weighted by atomic mass is 10.0. The highest BCUT2D eigenvalue weighted by molar-refractivity contribution is 5.76. The summed E-state index contributed by atoms with van der Waals surface area (Å²) < 4.78 is 5.51. The number of aliphatic hydroxyl groups excluding tert-OH is 2. The molecule has 6 nitrogen and oxygen atoms in total. The van der Waals surface area contributed by atoms with E-state index < -0.39 is 12.1 Å². The molecule has 0 aliphatic rings. The molecule has 0 spiro atoms. The standard InChI is InChI=1S/C72H141NO5/c1-3-5-7-9-11-13-15-17-19-21-22-30-33-36-40-44-48-52-56-60-64-70(75)69(68-74)73-71(76)65-61-57-53-49-45-41-37-34-31-28-26-24-23-25-27-29-32-35-39-43-47-51-55-59-63-67-78-72(77)66-62-58-54-50-46-42-38-20-18-16-14-12-10-8-6-4-2/h60,64,69-70,74-75H,3-59,61-63,65-68H2,1-2H3,(H,73,76)/b64-60+. The van der Waals surface area contributed by atoms with Gasteiger partial charge in [-0.2, -0.15) is 0 Å². The molecule has 0 saturated heterocycles. The van der Waals surface area contributed by atoms with Gasteiger partial charge in [0.15, 0.2) is 0 Å². The lowest BCUT2D eigenvalue weighted by Crippen LogP contribution is -2.45. The van der Waals surface area contributed by atoms with Crippen LogP contribution in [0.15, 0.2) is 12.2 Å². The van der Waals surface area contributed by atoms with E-state index >= 15 is 0 Å². The molecule has 2 unspecified atom stereocenters. The van der Waals surface area contributed by atoms with Crippen molar-refractivity contribution in [2.45, 2.75) is 424 Å². The van der Waals surface area contributed by atoms with E-state index in [2.05, 4.69) is 19.2 Å². The lowest BCUT2D eigenvalue weighted by molar-refractivity contribution is -0.143. The number of amides is 1. The van der Waals surface area contributed by atoms with Gasteiger partial charge < -0.3 is 20.3 Å². The van der Waals surface area contributed by atoms with Crippen molar-refractivity contribution >= 4 is 11.9 Å². The molecular weight excluding hydrogens is 959 g/mol. The molecule has 0 heterocycles. The van der Waals surface area contributed by atoms with Gasteiger partial charge in [-0.1, -0.05) is 379 Å². The Morgan fingerprint density at radius 1 is 0.346 bits per heavy atom. The zero-order valence-electron chi connectivity index (χ0n) is 53.2. The van der Waals surface area contributed by atoms with E-state index in [9.17, 15) is 19.8 Å². The summed E-state index contributed by atoms with van der Waals surface area (Å²) in [6.45, 7) is 4.96. The summed E-state index contributed by atoms with van der Waals surface area (Å²) in [4.78, 5) is 24.6. The molecule has 6 heteroatoms. The number of allylic oxidation sites excluding steroid dienone is 1. The second-order valence-corrected chi connectivity index (χ2v) is 24.9. The zero-order valence-corrected chi connectivity index (χ0v) is 53.2. The Morgan fingerprint density at radius 2 is 0.590 bits per heavy atom. The number of esters is 1. The average molecular weight is 1100 g/mol. The monoisotopic (exact) mass is 1100 g/mol. The summed E-state index contributed by atoms with van der Waals surface area (Å²) in [6.07, 6.45) is 84.3. The fourth-order valence-corrected chi connectivity index (χ4v) is 11.6. The van der Waals surface area contributed by atoms with Crippen LogP contribution in [0.4, 0.5) is 0 Å². The SMILES string of the molecule is CCCCCCCCCCCCCCCCCCCC/C=C/C(O)C(CO)NC(=O)CCCCCCCCCCCCCCCCCCCCCCCCCCCOC(=O)CCCCCCCCCCCCCCCCCC. The van der Waals surface area contributed by atoms with Crippen molar-refractivity contribution in [2.75, 3.05) is 13.2 Å². The Hall–Kier alpha value is -1.40. The van der Waals surface area contributed by atoms with E-state index in [4.69, 9.17) is 4.74 Å². The summed E-state index contributed by atoms with van der Waals surface area (Å²) in [5.74, 6) is -0.0411. The van der Waals surface area contributed by atoms with Gasteiger partial charge in [0.05, 0.1) is 25.4 Å². The number of nitrogens with one attached hydrogen (secondary N) is 1.